The van der Waals surface area contributed by atoms with Gasteiger partial charge in [0.15, 0.2) is 0 Å². The van der Waals surface area contributed by atoms with Crippen LogP contribution in [0.2, 0.25) is 5.02 Å². The molecule has 1 amide bonds. The summed E-state index contributed by atoms with van der Waals surface area (Å²) in [7, 11) is 1.49. The predicted molar refractivity (Wildman–Crippen MR) is 130 cm³/mol. The molecule has 0 saturated carbocycles. The summed E-state index contributed by atoms with van der Waals surface area (Å²) in [6.45, 7) is 1.87. The van der Waals surface area contributed by atoms with Gasteiger partial charge in [-0.25, -0.2) is 4.79 Å². The van der Waals surface area contributed by atoms with E-state index in [4.69, 9.17) is 21.1 Å². The highest BCUT2D eigenvalue weighted by Gasteiger charge is 2.27. The molecule has 1 N–H and O–H groups in total. The summed E-state index contributed by atoms with van der Waals surface area (Å²) in [5.74, 6) is -0.783. The number of hydrogen-bond acceptors (Lipinski definition) is 4. The van der Waals surface area contributed by atoms with Gasteiger partial charge in [0.05, 0.1) is 7.11 Å². The second-order valence-electron chi connectivity index (χ2n) is 7.55. The average Bonchev–Trinajstić information content (AvgIpc) is 2.84. The number of halogens is 1. The van der Waals surface area contributed by atoms with Crippen LogP contribution in [0.5, 0.6) is 5.75 Å². The minimum absolute atomic E-state index is 0.239. The van der Waals surface area contributed by atoms with Crippen LogP contribution < -0.4 is 10.1 Å². The fraction of sp³-hybridized carbons (Fsp3) is 0.111. The van der Waals surface area contributed by atoms with Crippen LogP contribution in [0.3, 0.4) is 0 Å². The minimum atomic E-state index is -1.17. The first-order valence-electron chi connectivity index (χ1n) is 10.4. The first-order valence-corrected chi connectivity index (χ1v) is 10.7. The molecule has 166 valence electrons. The number of nitrogens with one attached hydrogen (secondary N) is 1. The molecule has 4 aromatic rings. The van der Waals surface area contributed by atoms with Gasteiger partial charge < -0.3 is 14.8 Å². The number of rotatable bonds is 6. The fourth-order valence-electron chi connectivity index (χ4n) is 3.50. The lowest BCUT2D eigenvalue weighted by atomic mass is 10.1. The molecule has 0 fully saturated rings. The zero-order chi connectivity index (χ0) is 23.4. The lowest BCUT2D eigenvalue weighted by Gasteiger charge is -2.19. The van der Waals surface area contributed by atoms with Crippen LogP contribution >= 0.6 is 11.6 Å². The molecule has 0 aliphatic carbocycles. The third-order valence-electron chi connectivity index (χ3n) is 5.29. The summed E-state index contributed by atoms with van der Waals surface area (Å²) in [6.07, 6.45) is -1.17. The molecular weight excluding hydrogens is 438 g/mol. The Labute approximate surface area is 196 Å². The maximum absolute atomic E-state index is 13.2. The summed E-state index contributed by atoms with van der Waals surface area (Å²) < 4.78 is 11.2. The number of esters is 1. The third-order valence-corrected chi connectivity index (χ3v) is 5.70. The first kappa shape index (κ1) is 22.4. The van der Waals surface area contributed by atoms with E-state index in [0.29, 0.717) is 22.0 Å². The number of carbonyl (C=O) groups excluding carboxylic acids is 2. The van der Waals surface area contributed by atoms with Crippen LogP contribution in [0.25, 0.3) is 10.8 Å². The van der Waals surface area contributed by atoms with Gasteiger partial charge in [-0.3, -0.25) is 4.79 Å². The van der Waals surface area contributed by atoms with E-state index in [1.54, 1.807) is 54.6 Å². The van der Waals surface area contributed by atoms with Crippen LogP contribution in [0.15, 0.2) is 84.9 Å². The molecule has 0 aliphatic heterocycles. The molecule has 4 rings (SSSR count). The molecular formula is C27H22ClNO4. The lowest BCUT2D eigenvalue weighted by molar-refractivity contribution is -0.125. The standard InChI is InChI=1S/C27H22ClNO4/c1-17-12-13-21(16-23(17)28)29-26(30)25(18-8-4-3-5-9-18)33-27(31)22-14-19-10-6-7-11-20(19)15-24(22)32-2/h3-16,25H,1-2H3,(H,29,30)/t25-/m1/s1. The van der Waals surface area contributed by atoms with E-state index in [-0.39, 0.29) is 5.56 Å². The molecule has 5 nitrogen and oxygen atoms in total. The highest BCUT2D eigenvalue weighted by atomic mass is 35.5. The number of amides is 1. The first-order chi connectivity index (χ1) is 16.0. The van der Waals surface area contributed by atoms with E-state index < -0.39 is 18.0 Å². The average molecular weight is 460 g/mol. The van der Waals surface area contributed by atoms with E-state index in [2.05, 4.69) is 5.32 Å². The van der Waals surface area contributed by atoms with Crippen LogP contribution in [-0.4, -0.2) is 19.0 Å². The van der Waals surface area contributed by atoms with E-state index in [9.17, 15) is 9.59 Å². The van der Waals surface area contributed by atoms with Crippen molar-refractivity contribution in [3.8, 4) is 5.75 Å². The summed E-state index contributed by atoms with van der Waals surface area (Å²) in [6, 6.07) is 25.2. The number of aryl methyl sites for hydroxylation is 1. The van der Waals surface area contributed by atoms with Crippen LogP contribution in [0, 0.1) is 6.92 Å². The maximum Gasteiger partial charge on any atom is 0.343 e. The highest BCUT2D eigenvalue weighted by Crippen LogP contribution is 2.29. The van der Waals surface area contributed by atoms with Crippen molar-refractivity contribution in [1.82, 2.24) is 0 Å². The van der Waals surface area contributed by atoms with Gasteiger partial charge in [-0.05, 0) is 47.5 Å². The molecule has 0 saturated heterocycles. The number of anilines is 1. The smallest absolute Gasteiger partial charge is 0.343 e. The van der Waals surface area contributed by atoms with Gasteiger partial charge >= 0.3 is 5.97 Å². The van der Waals surface area contributed by atoms with Crippen LogP contribution in [-0.2, 0) is 9.53 Å². The van der Waals surface area contributed by atoms with Crippen molar-refractivity contribution < 1.29 is 19.1 Å². The van der Waals surface area contributed by atoms with Crippen molar-refractivity contribution in [1.29, 1.82) is 0 Å². The summed E-state index contributed by atoms with van der Waals surface area (Å²) in [5, 5.41) is 5.11. The van der Waals surface area contributed by atoms with E-state index in [1.807, 2.05) is 37.3 Å². The number of hydrogen-bond donors (Lipinski definition) is 1. The number of methoxy groups -OCH3 is 1. The molecule has 0 bridgehead atoms. The van der Waals surface area contributed by atoms with E-state index in [0.717, 1.165) is 16.3 Å². The largest absolute Gasteiger partial charge is 0.496 e. The van der Waals surface area contributed by atoms with Crippen molar-refractivity contribution >= 4 is 39.9 Å². The number of ether oxygens (including phenoxy) is 2. The van der Waals surface area contributed by atoms with Gasteiger partial charge in [-0.2, -0.15) is 0 Å². The van der Waals surface area contributed by atoms with Gasteiger partial charge in [0.1, 0.15) is 11.3 Å². The molecule has 4 aromatic carbocycles. The Balaban J connectivity index is 1.66. The topological polar surface area (TPSA) is 64.6 Å². The van der Waals surface area contributed by atoms with E-state index >= 15 is 0 Å². The van der Waals surface area contributed by atoms with Gasteiger partial charge in [-0.1, -0.05) is 72.3 Å². The molecule has 0 heterocycles. The molecule has 1 atom stereocenters. The molecule has 6 heteroatoms. The SMILES string of the molecule is COc1cc2ccccc2cc1C(=O)O[C@@H](C(=O)Nc1ccc(C)c(Cl)c1)c1ccccc1. The molecule has 0 aromatic heterocycles. The number of benzene rings is 4. The van der Waals surface area contributed by atoms with Crippen molar-refractivity contribution in [2.75, 3.05) is 12.4 Å². The number of carbonyl (C=O) groups is 2. The normalized spacial score (nSPS) is 11.6. The fourth-order valence-corrected chi connectivity index (χ4v) is 3.68. The summed E-state index contributed by atoms with van der Waals surface area (Å²) >= 11 is 6.19. The van der Waals surface area contributed by atoms with Gasteiger partial charge in [0, 0.05) is 16.3 Å². The summed E-state index contributed by atoms with van der Waals surface area (Å²) in [4.78, 5) is 26.4. The third kappa shape index (κ3) is 4.99. The lowest BCUT2D eigenvalue weighted by Crippen LogP contribution is -2.26. The molecule has 0 unspecified atom stereocenters. The predicted octanol–water partition coefficient (Wildman–Crippen LogP) is 6.35. The Morgan fingerprint density at radius 1 is 0.879 bits per heavy atom. The van der Waals surface area contributed by atoms with Gasteiger partial charge in [0.2, 0.25) is 6.10 Å². The Hall–Kier alpha value is -3.83. The van der Waals surface area contributed by atoms with E-state index in [1.165, 1.54) is 7.11 Å². The highest BCUT2D eigenvalue weighted by molar-refractivity contribution is 6.31. The van der Waals surface area contributed by atoms with Crippen molar-refractivity contribution in [3.05, 3.63) is 107 Å². The summed E-state index contributed by atoms with van der Waals surface area (Å²) in [5.41, 5.74) is 2.18. The molecule has 0 radical (unpaired) electrons. The monoisotopic (exact) mass is 459 g/mol. The quantitative estimate of drug-likeness (QED) is 0.341. The van der Waals surface area contributed by atoms with Crippen molar-refractivity contribution in [2.24, 2.45) is 0 Å². The Bertz CT molecular complexity index is 1320. The zero-order valence-electron chi connectivity index (χ0n) is 18.2. The van der Waals surface area contributed by atoms with Gasteiger partial charge in [-0.15, -0.1) is 0 Å². The molecule has 0 spiro atoms. The maximum atomic E-state index is 13.2. The second kappa shape index (κ2) is 9.76. The van der Waals surface area contributed by atoms with Crippen LogP contribution in [0.4, 0.5) is 5.69 Å². The Kier molecular flexibility index (Phi) is 6.61. The van der Waals surface area contributed by atoms with Crippen molar-refractivity contribution in [2.45, 2.75) is 13.0 Å². The molecule has 0 aliphatic rings. The Morgan fingerprint density at radius 2 is 1.55 bits per heavy atom. The zero-order valence-corrected chi connectivity index (χ0v) is 18.9. The minimum Gasteiger partial charge on any atom is -0.496 e. The number of fused-ring (bicyclic) bond motifs is 1. The van der Waals surface area contributed by atoms with Crippen LogP contribution in [0.1, 0.15) is 27.6 Å². The van der Waals surface area contributed by atoms with Gasteiger partial charge in [0.25, 0.3) is 5.91 Å². The van der Waals surface area contributed by atoms with Crippen molar-refractivity contribution in [3.63, 3.8) is 0 Å². The second-order valence-corrected chi connectivity index (χ2v) is 7.96. The Morgan fingerprint density at radius 3 is 2.21 bits per heavy atom. The molecule has 33 heavy (non-hydrogen) atoms.